The minimum absolute atomic E-state index is 0.00801. The van der Waals surface area contributed by atoms with E-state index in [4.69, 9.17) is 0 Å². The van der Waals surface area contributed by atoms with Gasteiger partial charge >= 0.3 is 0 Å². The molecule has 1 N–H and O–H groups in total. The van der Waals surface area contributed by atoms with Crippen LogP contribution in [0.15, 0.2) is 18.2 Å². The fourth-order valence-electron chi connectivity index (χ4n) is 3.69. The Morgan fingerprint density at radius 2 is 2.05 bits per heavy atom. The van der Waals surface area contributed by atoms with Gasteiger partial charge < -0.3 is 10.2 Å². The average Bonchev–Trinajstić information content (AvgIpc) is 2.86. The van der Waals surface area contributed by atoms with Crippen LogP contribution in [-0.4, -0.2) is 42.2 Å². The number of hydrogen-bond donors (Lipinski definition) is 1. The van der Waals surface area contributed by atoms with E-state index in [2.05, 4.69) is 5.32 Å². The van der Waals surface area contributed by atoms with Crippen molar-refractivity contribution in [1.29, 1.82) is 0 Å². The third-order valence-corrected chi connectivity index (χ3v) is 5.51. The Hall–Kier alpha value is -1.07. The molecule has 0 saturated carbocycles. The number of halogens is 1. The van der Waals surface area contributed by atoms with E-state index < -0.39 is 0 Å². The van der Waals surface area contributed by atoms with Crippen LogP contribution in [0.4, 0.5) is 4.39 Å². The van der Waals surface area contributed by atoms with Crippen LogP contribution < -0.4 is 5.32 Å². The molecule has 22 heavy (non-hydrogen) atoms. The molecule has 2 bridgehead atoms. The molecule has 2 aliphatic heterocycles. The first-order chi connectivity index (χ1) is 10.6. The predicted molar refractivity (Wildman–Crippen MR) is 88.7 cm³/mol. The summed E-state index contributed by atoms with van der Waals surface area (Å²) in [6.45, 7) is 0. The van der Waals surface area contributed by atoms with Crippen molar-refractivity contribution in [1.82, 2.24) is 10.2 Å². The third-order valence-electron chi connectivity index (χ3n) is 4.91. The summed E-state index contributed by atoms with van der Waals surface area (Å²) in [7, 11) is 1.88. The van der Waals surface area contributed by atoms with Crippen molar-refractivity contribution in [2.75, 3.05) is 13.3 Å². The first-order valence-corrected chi connectivity index (χ1v) is 9.28. The molecule has 2 saturated heterocycles. The number of nitrogens with zero attached hydrogens (tertiary/aromatic N) is 1. The highest BCUT2D eigenvalue weighted by Gasteiger charge is 2.36. The van der Waals surface area contributed by atoms with Gasteiger partial charge in [-0.3, -0.25) is 4.79 Å². The predicted octanol–water partition coefficient (Wildman–Crippen LogP) is 3.04. The number of carbonyl (C=O) groups excluding carboxylic acids is 1. The van der Waals surface area contributed by atoms with Gasteiger partial charge in [-0.05, 0) is 55.7 Å². The van der Waals surface area contributed by atoms with Crippen LogP contribution in [0.1, 0.15) is 41.6 Å². The molecule has 1 aromatic carbocycles. The van der Waals surface area contributed by atoms with E-state index in [1.165, 1.54) is 18.9 Å². The fourth-order valence-corrected chi connectivity index (χ4v) is 4.22. The van der Waals surface area contributed by atoms with E-state index in [0.29, 0.717) is 35.0 Å². The van der Waals surface area contributed by atoms with Gasteiger partial charge in [-0.25, -0.2) is 4.39 Å². The highest BCUT2D eigenvalue weighted by molar-refractivity contribution is 7.97. The van der Waals surface area contributed by atoms with Gasteiger partial charge in [-0.1, -0.05) is 0 Å². The molecule has 120 valence electrons. The summed E-state index contributed by atoms with van der Waals surface area (Å²) >= 11 is 1.56. The zero-order chi connectivity index (χ0) is 15.7. The number of carbonyl (C=O) groups is 1. The molecule has 2 atom stereocenters. The molecular weight excluding hydrogens is 299 g/mol. The summed E-state index contributed by atoms with van der Waals surface area (Å²) in [5.41, 5.74) is 1.20. The Morgan fingerprint density at radius 1 is 1.36 bits per heavy atom. The molecule has 0 spiro atoms. The Labute approximate surface area is 135 Å². The third kappa shape index (κ3) is 3.15. The standard InChI is InChI=1S/C17H23FN2OS/c1-20(15-8-13-4-5-14(9-15)19-13)17(21)11-3-6-16(18)12(7-11)10-22-2/h3,6-7,13-15,19H,4-5,8-10H2,1-2H3. The number of benzene rings is 1. The van der Waals surface area contributed by atoms with Crippen LogP contribution in [0.3, 0.4) is 0 Å². The lowest BCUT2D eigenvalue weighted by molar-refractivity contribution is 0.0681. The lowest BCUT2D eigenvalue weighted by Gasteiger charge is -2.35. The second kappa shape index (κ2) is 6.59. The summed E-state index contributed by atoms with van der Waals surface area (Å²) in [5, 5.41) is 3.60. The molecular formula is C17H23FN2OS. The Bertz CT molecular complexity index is 554. The molecule has 1 amide bonds. The van der Waals surface area contributed by atoms with E-state index in [0.717, 1.165) is 12.8 Å². The summed E-state index contributed by atoms with van der Waals surface area (Å²) < 4.78 is 13.7. The maximum absolute atomic E-state index is 13.7. The minimum Gasteiger partial charge on any atom is -0.339 e. The van der Waals surface area contributed by atoms with Crippen LogP contribution in [0, 0.1) is 5.82 Å². The van der Waals surface area contributed by atoms with Crippen molar-refractivity contribution in [2.45, 2.75) is 49.6 Å². The molecule has 3 nitrogen and oxygen atoms in total. The van der Waals surface area contributed by atoms with Crippen LogP contribution >= 0.6 is 11.8 Å². The Kier molecular flexibility index (Phi) is 4.73. The van der Waals surface area contributed by atoms with Crippen molar-refractivity contribution < 1.29 is 9.18 Å². The van der Waals surface area contributed by atoms with Crippen LogP contribution in [0.5, 0.6) is 0 Å². The smallest absolute Gasteiger partial charge is 0.253 e. The zero-order valence-corrected chi connectivity index (χ0v) is 14.0. The number of amides is 1. The van der Waals surface area contributed by atoms with Crippen molar-refractivity contribution >= 4 is 17.7 Å². The van der Waals surface area contributed by atoms with Gasteiger partial charge in [0, 0.05) is 36.5 Å². The first kappa shape index (κ1) is 15.8. The molecule has 2 heterocycles. The quantitative estimate of drug-likeness (QED) is 0.925. The summed E-state index contributed by atoms with van der Waals surface area (Å²) in [6, 6.07) is 6.13. The average molecular weight is 322 g/mol. The van der Waals surface area contributed by atoms with Gasteiger partial charge in [0.1, 0.15) is 5.82 Å². The number of thioether (sulfide) groups is 1. The van der Waals surface area contributed by atoms with Crippen molar-refractivity contribution in [3.05, 3.63) is 35.1 Å². The largest absolute Gasteiger partial charge is 0.339 e. The molecule has 0 aliphatic carbocycles. The second-order valence-electron chi connectivity index (χ2n) is 6.42. The van der Waals surface area contributed by atoms with Gasteiger partial charge in [0.15, 0.2) is 0 Å². The fraction of sp³-hybridized carbons (Fsp3) is 0.588. The summed E-state index contributed by atoms with van der Waals surface area (Å²) in [6.07, 6.45) is 6.43. The van der Waals surface area contributed by atoms with Gasteiger partial charge in [0.05, 0.1) is 0 Å². The lowest BCUT2D eigenvalue weighted by Crippen LogP contribution is -2.48. The number of nitrogens with one attached hydrogen (secondary N) is 1. The zero-order valence-electron chi connectivity index (χ0n) is 13.1. The van der Waals surface area contributed by atoms with Crippen molar-refractivity contribution in [3.8, 4) is 0 Å². The van der Waals surface area contributed by atoms with E-state index in [1.807, 2.05) is 18.2 Å². The summed E-state index contributed by atoms with van der Waals surface area (Å²) in [4.78, 5) is 14.6. The topological polar surface area (TPSA) is 32.3 Å². The normalized spacial score (nSPS) is 27.0. The number of fused-ring (bicyclic) bond motifs is 2. The van der Waals surface area contributed by atoms with E-state index >= 15 is 0 Å². The molecule has 2 unspecified atom stereocenters. The van der Waals surface area contributed by atoms with Gasteiger partial charge in [-0.15, -0.1) is 0 Å². The van der Waals surface area contributed by atoms with Gasteiger partial charge in [0.25, 0.3) is 5.91 Å². The number of hydrogen-bond acceptors (Lipinski definition) is 3. The van der Waals surface area contributed by atoms with Crippen LogP contribution in [0.25, 0.3) is 0 Å². The van der Waals surface area contributed by atoms with Gasteiger partial charge in [0.2, 0.25) is 0 Å². The molecule has 5 heteroatoms. The highest BCUT2D eigenvalue weighted by atomic mass is 32.2. The lowest BCUT2D eigenvalue weighted by atomic mass is 9.97. The Morgan fingerprint density at radius 3 is 2.68 bits per heavy atom. The molecule has 2 fully saturated rings. The van der Waals surface area contributed by atoms with Crippen LogP contribution in [-0.2, 0) is 5.75 Å². The maximum Gasteiger partial charge on any atom is 0.253 e. The monoisotopic (exact) mass is 322 g/mol. The maximum atomic E-state index is 13.7. The summed E-state index contributed by atoms with van der Waals surface area (Å²) in [5.74, 6) is 0.371. The first-order valence-electron chi connectivity index (χ1n) is 7.89. The van der Waals surface area contributed by atoms with E-state index in [1.54, 1.807) is 23.9 Å². The Balaban J connectivity index is 1.74. The molecule has 0 aromatic heterocycles. The number of piperidine rings is 1. The molecule has 3 rings (SSSR count). The van der Waals surface area contributed by atoms with Crippen molar-refractivity contribution in [3.63, 3.8) is 0 Å². The molecule has 2 aliphatic rings. The van der Waals surface area contributed by atoms with Gasteiger partial charge in [-0.2, -0.15) is 11.8 Å². The van der Waals surface area contributed by atoms with E-state index in [-0.39, 0.29) is 11.7 Å². The molecule has 0 radical (unpaired) electrons. The van der Waals surface area contributed by atoms with Crippen molar-refractivity contribution in [2.24, 2.45) is 0 Å². The highest BCUT2D eigenvalue weighted by Crippen LogP contribution is 2.30. The van der Waals surface area contributed by atoms with Crippen LogP contribution in [0.2, 0.25) is 0 Å². The second-order valence-corrected chi connectivity index (χ2v) is 7.28. The van der Waals surface area contributed by atoms with E-state index in [9.17, 15) is 9.18 Å². The minimum atomic E-state index is -0.228. The molecule has 1 aromatic rings. The SMILES string of the molecule is CSCc1cc(C(=O)N(C)C2CC3CCC(C2)N3)ccc1F. The number of rotatable bonds is 4.